The van der Waals surface area contributed by atoms with Crippen LogP contribution in [0.15, 0.2) is 0 Å². The SMILES string of the molecule is COC(=O)CS(=O)(=O)N(C)C(C)(C)C(=O)O. The minimum Gasteiger partial charge on any atom is -0.480 e. The molecule has 0 aliphatic carbocycles. The minimum atomic E-state index is -4.00. The molecular weight excluding hydrogens is 238 g/mol. The maximum absolute atomic E-state index is 11.6. The van der Waals surface area contributed by atoms with Crippen molar-refractivity contribution in [1.82, 2.24) is 4.31 Å². The maximum atomic E-state index is 11.6. The maximum Gasteiger partial charge on any atom is 0.324 e. The molecule has 8 heteroatoms. The van der Waals surface area contributed by atoms with Gasteiger partial charge in [0.2, 0.25) is 10.0 Å². The fraction of sp³-hybridized carbons (Fsp3) is 0.750. The zero-order valence-corrected chi connectivity index (χ0v) is 10.4. The number of aliphatic carboxylic acids is 1. The predicted molar refractivity (Wildman–Crippen MR) is 55.3 cm³/mol. The van der Waals surface area contributed by atoms with Gasteiger partial charge in [-0.15, -0.1) is 0 Å². The average Bonchev–Trinajstić information content (AvgIpc) is 2.15. The third-order valence-electron chi connectivity index (χ3n) is 2.26. The van der Waals surface area contributed by atoms with Gasteiger partial charge in [-0.2, -0.15) is 4.31 Å². The lowest BCUT2D eigenvalue weighted by molar-refractivity contribution is -0.146. The Morgan fingerprint density at radius 1 is 1.38 bits per heavy atom. The van der Waals surface area contributed by atoms with E-state index in [9.17, 15) is 18.0 Å². The van der Waals surface area contributed by atoms with Gasteiger partial charge in [0.15, 0.2) is 5.75 Å². The summed E-state index contributed by atoms with van der Waals surface area (Å²) in [7, 11) is -1.84. The van der Waals surface area contributed by atoms with E-state index in [1.54, 1.807) is 0 Å². The molecule has 0 aliphatic heterocycles. The van der Waals surface area contributed by atoms with Crippen LogP contribution in [0.4, 0.5) is 0 Å². The van der Waals surface area contributed by atoms with Gasteiger partial charge in [0, 0.05) is 7.05 Å². The molecule has 94 valence electrons. The molecule has 0 aromatic rings. The average molecular weight is 253 g/mol. The van der Waals surface area contributed by atoms with Crippen LogP contribution in [0.3, 0.4) is 0 Å². The van der Waals surface area contributed by atoms with E-state index in [1.165, 1.54) is 13.8 Å². The van der Waals surface area contributed by atoms with Crippen LogP contribution >= 0.6 is 0 Å². The summed E-state index contributed by atoms with van der Waals surface area (Å²) in [6.07, 6.45) is 0. The number of hydrogen-bond acceptors (Lipinski definition) is 5. The second kappa shape index (κ2) is 4.79. The third-order valence-corrected chi connectivity index (χ3v) is 4.15. The Hall–Kier alpha value is -1.15. The molecule has 0 saturated carbocycles. The largest absolute Gasteiger partial charge is 0.480 e. The minimum absolute atomic E-state index is 0.638. The highest BCUT2D eigenvalue weighted by Gasteiger charge is 2.40. The molecule has 0 heterocycles. The number of methoxy groups -OCH3 is 1. The van der Waals surface area contributed by atoms with E-state index in [0.717, 1.165) is 14.2 Å². The molecule has 0 radical (unpaired) electrons. The number of esters is 1. The standard InChI is InChI=1S/C8H15NO6S/c1-8(2,7(11)12)9(3)16(13,14)5-6(10)15-4/h5H2,1-4H3,(H,11,12). The molecular formula is C8H15NO6S. The number of likely N-dealkylation sites (N-methyl/N-ethyl adjacent to an activating group) is 1. The number of carboxylic acid groups (broad SMARTS) is 1. The zero-order chi connectivity index (χ0) is 13.1. The van der Waals surface area contributed by atoms with Gasteiger partial charge in [0.05, 0.1) is 7.11 Å². The molecule has 0 fully saturated rings. The number of nitrogens with zero attached hydrogens (tertiary/aromatic N) is 1. The van der Waals surface area contributed by atoms with Crippen molar-refractivity contribution < 1.29 is 27.9 Å². The summed E-state index contributed by atoms with van der Waals surface area (Å²) in [5, 5.41) is 8.84. The van der Waals surface area contributed by atoms with Crippen molar-refractivity contribution >= 4 is 22.0 Å². The van der Waals surface area contributed by atoms with Crippen LogP contribution in [-0.4, -0.2) is 55.2 Å². The van der Waals surface area contributed by atoms with E-state index in [0.29, 0.717) is 4.31 Å². The second-order valence-electron chi connectivity index (χ2n) is 3.66. The van der Waals surface area contributed by atoms with Crippen molar-refractivity contribution in [3.8, 4) is 0 Å². The van der Waals surface area contributed by atoms with E-state index in [1.807, 2.05) is 0 Å². The molecule has 0 bridgehead atoms. The summed E-state index contributed by atoms with van der Waals surface area (Å²) >= 11 is 0. The number of ether oxygens (including phenoxy) is 1. The van der Waals surface area contributed by atoms with Gasteiger partial charge in [-0.25, -0.2) is 8.42 Å². The number of rotatable bonds is 5. The van der Waals surface area contributed by atoms with Crippen LogP contribution in [-0.2, 0) is 24.3 Å². The normalized spacial score (nSPS) is 12.6. The summed E-state index contributed by atoms with van der Waals surface area (Å²) in [6, 6.07) is 0. The number of carbonyl (C=O) groups excluding carboxylic acids is 1. The quantitative estimate of drug-likeness (QED) is 0.649. The fourth-order valence-corrected chi connectivity index (χ4v) is 2.17. The lowest BCUT2D eigenvalue weighted by Crippen LogP contribution is -2.52. The van der Waals surface area contributed by atoms with Crippen molar-refractivity contribution in [2.45, 2.75) is 19.4 Å². The van der Waals surface area contributed by atoms with Crippen LogP contribution in [0.1, 0.15) is 13.8 Å². The zero-order valence-electron chi connectivity index (χ0n) is 9.55. The molecule has 0 rings (SSSR count). The van der Waals surface area contributed by atoms with Crippen molar-refractivity contribution in [2.75, 3.05) is 19.9 Å². The topological polar surface area (TPSA) is 101 Å². The molecule has 0 amide bonds. The smallest absolute Gasteiger partial charge is 0.324 e. The van der Waals surface area contributed by atoms with Crippen molar-refractivity contribution in [2.24, 2.45) is 0 Å². The first-order chi connectivity index (χ1) is 7.05. The molecule has 0 aromatic heterocycles. The highest BCUT2D eigenvalue weighted by atomic mass is 32.2. The van der Waals surface area contributed by atoms with Crippen molar-refractivity contribution in [1.29, 1.82) is 0 Å². The molecule has 0 saturated heterocycles. The van der Waals surface area contributed by atoms with E-state index in [4.69, 9.17) is 5.11 Å². The van der Waals surface area contributed by atoms with Gasteiger partial charge >= 0.3 is 11.9 Å². The molecule has 0 aromatic carbocycles. The molecule has 16 heavy (non-hydrogen) atoms. The molecule has 0 unspecified atom stereocenters. The van der Waals surface area contributed by atoms with Gasteiger partial charge in [-0.05, 0) is 13.8 Å². The highest BCUT2D eigenvalue weighted by Crippen LogP contribution is 2.17. The van der Waals surface area contributed by atoms with Gasteiger partial charge in [0.25, 0.3) is 0 Å². The van der Waals surface area contributed by atoms with Gasteiger partial charge in [-0.1, -0.05) is 0 Å². The molecule has 0 atom stereocenters. The Morgan fingerprint density at radius 2 is 1.81 bits per heavy atom. The summed E-state index contributed by atoms with van der Waals surface area (Å²) in [4.78, 5) is 21.7. The van der Waals surface area contributed by atoms with Crippen LogP contribution in [0.2, 0.25) is 0 Å². The predicted octanol–water partition coefficient (Wildman–Crippen LogP) is -0.716. The monoisotopic (exact) mass is 253 g/mol. The van der Waals surface area contributed by atoms with E-state index in [-0.39, 0.29) is 0 Å². The van der Waals surface area contributed by atoms with Crippen LogP contribution in [0.5, 0.6) is 0 Å². The number of carbonyl (C=O) groups is 2. The fourth-order valence-electron chi connectivity index (χ4n) is 0.787. The van der Waals surface area contributed by atoms with Crippen LogP contribution in [0, 0.1) is 0 Å². The van der Waals surface area contributed by atoms with Crippen molar-refractivity contribution in [3.05, 3.63) is 0 Å². The molecule has 0 aliphatic rings. The number of hydrogen-bond donors (Lipinski definition) is 1. The van der Waals surface area contributed by atoms with Crippen molar-refractivity contribution in [3.63, 3.8) is 0 Å². The van der Waals surface area contributed by atoms with E-state index >= 15 is 0 Å². The molecule has 1 N–H and O–H groups in total. The van der Waals surface area contributed by atoms with Crippen LogP contribution in [0.25, 0.3) is 0 Å². The molecule has 7 nitrogen and oxygen atoms in total. The summed E-state index contributed by atoms with van der Waals surface area (Å²) in [5.41, 5.74) is -1.62. The first-order valence-electron chi connectivity index (χ1n) is 4.32. The Morgan fingerprint density at radius 3 is 2.12 bits per heavy atom. The molecule has 0 spiro atoms. The Bertz CT molecular complexity index is 385. The Balaban J connectivity index is 5.05. The third kappa shape index (κ3) is 3.17. The van der Waals surface area contributed by atoms with Gasteiger partial charge in [0.1, 0.15) is 5.54 Å². The lowest BCUT2D eigenvalue weighted by atomic mass is 10.1. The van der Waals surface area contributed by atoms with Gasteiger partial charge < -0.3 is 9.84 Å². The van der Waals surface area contributed by atoms with Gasteiger partial charge in [-0.3, -0.25) is 9.59 Å². The summed E-state index contributed by atoms with van der Waals surface area (Å²) < 4.78 is 28.1. The first kappa shape index (κ1) is 14.8. The Labute approximate surface area is 94.0 Å². The second-order valence-corrected chi connectivity index (χ2v) is 5.66. The number of carboxylic acids is 1. The first-order valence-corrected chi connectivity index (χ1v) is 5.93. The summed E-state index contributed by atoms with van der Waals surface area (Å²) in [6.45, 7) is 2.45. The van der Waals surface area contributed by atoms with E-state index in [2.05, 4.69) is 4.74 Å². The van der Waals surface area contributed by atoms with E-state index < -0.39 is 33.3 Å². The number of sulfonamides is 1. The lowest BCUT2D eigenvalue weighted by Gasteiger charge is -2.30. The highest BCUT2D eigenvalue weighted by molar-refractivity contribution is 7.89. The Kier molecular flexibility index (Phi) is 4.45. The summed E-state index contributed by atoms with van der Waals surface area (Å²) in [5.74, 6) is -3.12. The van der Waals surface area contributed by atoms with Crippen LogP contribution < -0.4 is 0 Å².